The first-order chi connectivity index (χ1) is 9.58. The third-order valence-corrected chi connectivity index (χ3v) is 4.76. The standard InChI is InChI=1S/C14H25N5O/c1-10(15)11-4-7-19(8-5-11)13-16-12(17-18-13)14(2)6-3-9-20-14/h10-11H,3-9,15H2,1-2H3,(H,16,17,18). The van der Waals surface area contributed by atoms with Crippen LogP contribution in [0.15, 0.2) is 0 Å². The van der Waals surface area contributed by atoms with Gasteiger partial charge in [0.2, 0.25) is 5.95 Å². The number of hydrogen-bond donors (Lipinski definition) is 2. The van der Waals surface area contributed by atoms with Crippen molar-refractivity contribution < 1.29 is 4.74 Å². The van der Waals surface area contributed by atoms with Crippen LogP contribution >= 0.6 is 0 Å². The summed E-state index contributed by atoms with van der Waals surface area (Å²) in [5, 5.41) is 7.45. The summed E-state index contributed by atoms with van der Waals surface area (Å²) in [7, 11) is 0. The number of aromatic amines is 1. The van der Waals surface area contributed by atoms with E-state index in [0.717, 1.165) is 57.2 Å². The topological polar surface area (TPSA) is 80.1 Å². The number of rotatable bonds is 3. The molecule has 2 aliphatic heterocycles. The van der Waals surface area contributed by atoms with Crippen molar-refractivity contribution in [3.05, 3.63) is 5.82 Å². The van der Waals surface area contributed by atoms with Crippen LogP contribution in [-0.2, 0) is 10.3 Å². The van der Waals surface area contributed by atoms with Gasteiger partial charge < -0.3 is 15.4 Å². The molecule has 112 valence electrons. The molecule has 2 aliphatic rings. The predicted molar refractivity (Wildman–Crippen MR) is 77.5 cm³/mol. The average molecular weight is 279 g/mol. The molecular weight excluding hydrogens is 254 g/mol. The summed E-state index contributed by atoms with van der Waals surface area (Å²) in [6.45, 7) is 6.98. The molecule has 0 aliphatic carbocycles. The molecule has 0 aromatic carbocycles. The van der Waals surface area contributed by atoms with Crippen LogP contribution in [0.2, 0.25) is 0 Å². The molecule has 3 heterocycles. The molecule has 1 aromatic rings. The minimum absolute atomic E-state index is 0.282. The maximum atomic E-state index is 5.98. The zero-order valence-electron chi connectivity index (χ0n) is 12.4. The van der Waals surface area contributed by atoms with E-state index >= 15 is 0 Å². The molecule has 0 bridgehead atoms. The number of nitrogens with one attached hydrogen (secondary N) is 1. The lowest BCUT2D eigenvalue weighted by molar-refractivity contribution is 0.00966. The third kappa shape index (κ3) is 2.54. The highest BCUT2D eigenvalue weighted by molar-refractivity contribution is 5.30. The zero-order chi connectivity index (χ0) is 14.2. The summed E-state index contributed by atoms with van der Waals surface area (Å²) in [5.74, 6) is 2.29. The Hall–Kier alpha value is -1.14. The van der Waals surface area contributed by atoms with Gasteiger partial charge in [0.15, 0.2) is 5.82 Å². The van der Waals surface area contributed by atoms with Gasteiger partial charge in [0.25, 0.3) is 0 Å². The maximum Gasteiger partial charge on any atom is 0.244 e. The van der Waals surface area contributed by atoms with Crippen LogP contribution in [0.3, 0.4) is 0 Å². The van der Waals surface area contributed by atoms with Crippen molar-refractivity contribution in [2.45, 2.75) is 51.2 Å². The molecule has 20 heavy (non-hydrogen) atoms. The van der Waals surface area contributed by atoms with E-state index in [2.05, 4.69) is 33.9 Å². The Morgan fingerprint density at radius 3 is 2.80 bits per heavy atom. The van der Waals surface area contributed by atoms with E-state index in [1.165, 1.54) is 0 Å². The largest absolute Gasteiger partial charge is 0.367 e. The Kier molecular flexibility index (Phi) is 3.69. The number of nitrogens with zero attached hydrogens (tertiary/aromatic N) is 3. The Morgan fingerprint density at radius 2 is 2.20 bits per heavy atom. The summed E-state index contributed by atoms with van der Waals surface area (Å²) in [4.78, 5) is 6.91. The molecule has 0 saturated carbocycles. The smallest absolute Gasteiger partial charge is 0.244 e. The molecule has 6 nitrogen and oxygen atoms in total. The number of aromatic nitrogens is 3. The van der Waals surface area contributed by atoms with E-state index in [9.17, 15) is 0 Å². The molecular formula is C14H25N5O. The highest BCUT2D eigenvalue weighted by atomic mass is 16.5. The lowest BCUT2D eigenvalue weighted by Gasteiger charge is -2.33. The van der Waals surface area contributed by atoms with Crippen molar-refractivity contribution in [2.75, 3.05) is 24.6 Å². The average Bonchev–Trinajstić information content (AvgIpc) is 3.08. The molecule has 2 fully saturated rings. The molecule has 1 aromatic heterocycles. The second-order valence-electron chi connectivity index (χ2n) is 6.35. The summed E-state index contributed by atoms with van der Waals surface area (Å²) >= 11 is 0. The molecule has 0 amide bonds. The second kappa shape index (κ2) is 5.33. The third-order valence-electron chi connectivity index (χ3n) is 4.76. The van der Waals surface area contributed by atoms with Crippen molar-refractivity contribution in [1.29, 1.82) is 0 Å². The molecule has 3 rings (SSSR count). The Balaban J connectivity index is 1.66. The highest BCUT2D eigenvalue weighted by Gasteiger charge is 2.36. The Morgan fingerprint density at radius 1 is 1.45 bits per heavy atom. The zero-order valence-corrected chi connectivity index (χ0v) is 12.4. The molecule has 0 radical (unpaired) electrons. The van der Waals surface area contributed by atoms with Gasteiger partial charge in [-0.3, -0.25) is 5.10 Å². The summed E-state index contributed by atoms with van der Waals surface area (Å²) in [6, 6.07) is 0.283. The normalized spacial score (nSPS) is 29.9. The molecule has 6 heteroatoms. The van der Waals surface area contributed by atoms with Crippen LogP contribution < -0.4 is 10.6 Å². The van der Waals surface area contributed by atoms with Crippen molar-refractivity contribution in [1.82, 2.24) is 15.2 Å². The number of anilines is 1. The van der Waals surface area contributed by atoms with Gasteiger partial charge in [-0.1, -0.05) is 0 Å². The van der Waals surface area contributed by atoms with Gasteiger partial charge in [0.1, 0.15) is 5.60 Å². The first-order valence-electron chi connectivity index (χ1n) is 7.66. The van der Waals surface area contributed by atoms with Crippen LogP contribution in [-0.4, -0.2) is 40.9 Å². The van der Waals surface area contributed by atoms with E-state index in [0.29, 0.717) is 5.92 Å². The SMILES string of the molecule is CC(N)C1CCN(c2n[nH]c(C3(C)CCCO3)n2)CC1. The van der Waals surface area contributed by atoms with Crippen molar-refractivity contribution in [2.24, 2.45) is 11.7 Å². The van der Waals surface area contributed by atoms with Gasteiger partial charge in [-0.2, -0.15) is 4.98 Å². The number of hydrogen-bond acceptors (Lipinski definition) is 5. The molecule has 2 unspecified atom stereocenters. The van der Waals surface area contributed by atoms with Gasteiger partial charge in [-0.15, -0.1) is 5.10 Å². The molecule has 2 saturated heterocycles. The first-order valence-corrected chi connectivity index (χ1v) is 7.66. The van der Waals surface area contributed by atoms with Gasteiger partial charge >= 0.3 is 0 Å². The fourth-order valence-corrected chi connectivity index (χ4v) is 3.22. The predicted octanol–water partition coefficient (Wildman–Crippen LogP) is 1.39. The summed E-state index contributed by atoms with van der Waals surface area (Å²) < 4.78 is 5.81. The van der Waals surface area contributed by atoms with E-state index in [4.69, 9.17) is 10.5 Å². The fraction of sp³-hybridized carbons (Fsp3) is 0.857. The van der Waals surface area contributed by atoms with Crippen LogP contribution in [0.4, 0.5) is 5.95 Å². The van der Waals surface area contributed by atoms with Gasteiger partial charge in [0.05, 0.1) is 0 Å². The van der Waals surface area contributed by atoms with Crippen LogP contribution in [0.5, 0.6) is 0 Å². The first kappa shape index (κ1) is 13.8. The quantitative estimate of drug-likeness (QED) is 0.874. The van der Waals surface area contributed by atoms with E-state index in [1.54, 1.807) is 0 Å². The second-order valence-corrected chi connectivity index (χ2v) is 6.35. The number of ether oxygens (including phenoxy) is 1. The monoisotopic (exact) mass is 279 g/mol. The summed E-state index contributed by atoms with van der Waals surface area (Å²) in [6.07, 6.45) is 4.34. The number of piperidine rings is 1. The van der Waals surface area contributed by atoms with E-state index in [-0.39, 0.29) is 11.6 Å². The van der Waals surface area contributed by atoms with Gasteiger partial charge in [-0.25, -0.2) is 0 Å². The number of nitrogens with two attached hydrogens (primary N) is 1. The lowest BCUT2D eigenvalue weighted by atomic mass is 9.91. The van der Waals surface area contributed by atoms with Gasteiger partial charge in [0, 0.05) is 25.7 Å². The van der Waals surface area contributed by atoms with Crippen LogP contribution in [0, 0.1) is 5.92 Å². The molecule has 0 spiro atoms. The molecule has 3 N–H and O–H groups in total. The lowest BCUT2D eigenvalue weighted by Crippen LogP contribution is -2.40. The van der Waals surface area contributed by atoms with Crippen molar-refractivity contribution >= 4 is 5.95 Å². The van der Waals surface area contributed by atoms with Crippen LogP contribution in [0.25, 0.3) is 0 Å². The molecule has 2 atom stereocenters. The Bertz CT molecular complexity index is 444. The van der Waals surface area contributed by atoms with Crippen molar-refractivity contribution in [3.8, 4) is 0 Å². The number of H-pyrrole nitrogens is 1. The Labute approximate surface area is 120 Å². The fourth-order valence-electron chi connectivity index (χ4n) is 3.22. The minimum Gasteiger partial charge on any atom is -0.367 e. The van der Waals surface area contributed by atoms with Crippen LogP contribution in [0.1, 0.15) is 45.4 Å². The summed E-state index contributed by atoms with van der Waals surface area (Å²) in [5.41, 5.74) is 5.70. The van der Waals surface area contributed by atoms with E-state index in [1.807, 2.05) is 0 Å². The highest BCUT2D eigenvalue weighted by Crippen LogP contribution is 2.34. The van der Waals surface area contributed by atoms with Gasteiger partial charge in [-0.05, 0) is 45.4 Å². The van der Waals surface area contributed by atoms with E-state index < -0.39 is 0 Å². The minimum atomic E-state index is -0.282. The van der Waals surface area contributed by atoms with Crippen molar-refractivity contribution in [3.63, 3.8) is 0 Å². The maximum absolute atomic E-state index is 5.98.